The summed E-state index contributed by atoms with van der Waals surface area (Å²) in [7, 11) is 0. The second-order valence-corrected chi connectivity index (χ2v) is 5.77. The molecule has 0 aromatic carbocycles. The van der Waals surface area contributed by atoms with Gasteiger partial charge in [0.05, 0.1) is 0 Å². The summed E-state index contributed by atoms with van der Waals surface area (Å²) in [6.45, 7) is 4.87. The lowest BCUT2D eigenvalue weighted by atomic mass is 10.00. The van der Waals surface area contributed by atoms with Crippen molar-refractivity contribution in [1.29, 1.82) is 0 Å². The van der Waals surface area contributed by atoms with Gasteiger partial charge in [0.1, 0.15) is 0 Å². The highest BCUT2D eigenvalue weighted by atomic mass is 16.2. The number of piperidine rings is 1. The molecule has 6 heteroatoms. The van der Waals surface area contributed by atoms with Crippen LogP contribution in [0.5, 0.6) is 0 Å². The normalized spacial score (nSPS) is 19.5. The Hall–Kier alpha value is -1.85. The number of carbonyl (C=O) groups excluding carboxylic acids is 3. The highest BCUT2D eigenvalue weighted by Gasteiger charge is 2.22. The Kier molecular flexibility index (Phi) is 5.36. The second kappa shape index (κ2) is 7.24. The van der Waals surface area contributed by atoms with E-state index in [1.54, 1.807) is 0 Å². The molecule has 4 amide bonds. The van der Waals surface area contributed by atoms with Crippen molar-refractivity contribution in [2.75, 3.05) is 26.2 Å². The Morgan fingerprint density at radius 1 is 1.19 bits per heavy atom. The zero-order valence-corrected chi connectivity index (χ0v) is 12.5. The number of amides is 4. The van der Waals surface area contributed by atoms with E-state index in [4.69, 9.17) is 0 Å². The molecule has 0 saturated carbocycles. The van der Waals surface area contributed by atoms with Gasteiger partial charge in [0.2, 0.25) is 0 Å². The summed E-state index contributed by atoms with van der Waals surface area (Å²) in [5.41, 5.74) is 0. The number of rotatable bonds is 5. The smallest absolute Gasteiger partial charge is 0.317 e. The van der Waals surface area contributed by atoms with Gasteiger partial charge in [-0.15, -0.1) is 0 Å². The summed E-state index contributed by atoms with van der Waals surface area (Å²) in [5, 5.41) is 2.90. The Bertz CT molecular complexity index is 421. The zero-order chi connectivity index (χ0) is 15.2. The van der Waals surface area contributed by atoms with Gasteiger partial charge in [-0.3, -0.25) is 14.5 Å². The van der Waals surface area contributed by atoms with E-state index in [9.17, 15) is 14.4 Å². The molecule has 2 heterocycles. The van der Waals surface area contributed by atoms with E-state index in [1.807, 2.05) is 4.90 Å². The molecule has 0 aromatic rings. The number of nitrogens with zero attached hydrogens (tertiary/aromatic N) is 2. The van der Waals surface area contributed by atoms with Crippen molar-refractivity contribution in [1.82, 2.24) is 15.1 Å². The molecular formula is C15H23N3O3. The van der Waals surface area contributed by atoms with Gasteiger partial charge in [-0.05, 0) is 31.6 Å². The van der Waals surface area contributed by atoms with E-state index >= 15 is 0 Å². The van der Waals surface area contributed by atoms with Crippen LogP contribution in [0, 0.1) is 5.92 Å². The summed E-state index contributed by atoms with van der Waals surface area (Å²) in [6.07, 6.45) is 6.19. The van der Waals surface area contributed by atoms with Crippen LogP contribution in [-0.4, -0.2) is 53.8 Å². The van der Waals surface area contributed by atoms with Gasteiger partial charge in [0.25, 0.3) is 11.8 Å². The summed E-state index contributed by atoms with van der Waals surface area (Å²) in [5.74, 6) is 0.219. The molecule has 0 atom stereocenters. The van der Waals surface area contributed by atoms with Crippen molar-refractivity contribution in [3.05, 3.63) is 12.2 Å². The number of hydrogen-bond acceptors (Lipinski definition) is 3. The quantitative estimate of drug-likeness (QED) is 0.610. The van der Waals surface area contributed by atoms with Crippen LogP contribution in [0.1, 0.15) is 32.6 Å². The summed E-state index contributed by atoms with van der Waals surface area (Å²) in [6, 6.07) is -0.00288. The molecule has 116 valence electrons. The third kappa shape index (κ3) is 4.31. The standard InChI is InChI=1S/C15H23N3O3/c1-12-6-10-17(11-7-12)15(21)16-8-2-3-9-18-13(19)4-5-14(18)20/h4-5,12H,2-3,6-11H2,1H3,(H,16,21). The maximum atomic E-state index is 11.9. The minimum absolute atomic E-state index is 0.00288. The zero-order valence-electron chi connectivity index (χ0n) is 12.5. The number of imide groups is 1. The Balaban J connectivity index is 1.56. The summed E-state index contributed by atoms with van der Waals surface area (Å²) >= 11 is 0. The number of hydrogen-bond donors (Lipinski definition) is 1. The molecular weight excluding hydrogens is 270 g/mol. The largest absolute Gasteiger partial charge is 0.338 e. The van der Waals surface area contributed by atoms with Crippen molar-refractivity contribution in [3.63, 3.8) is 0 Å². The first kappa shape index (κ1) is 15.5. The monoisotopic (exact) mass is 293 g/mol. The van der Waals surface area contributed by atoms with Crippen molar-refractivity contribution >= 4 is 17.8 Å². The van der Waals surface area contributed by atoms with E-state index < -0.39 is 0 Å². The molecule has 1 fully saturated rings. The van der Waals surface area contributed by atoms with E-state index in [-0.39, 0.29) is 17.8 Å². The molecule has 0 aromatic heterocycles. The lowest BCUT2D eigenvalue weighted by Gasteiger charge is -2.30. The van der Waals surface area contributed by atoms with Gasteiger partial charge in [-0.2, -0.15) is 0 Å². The number of unbranched alkanes of at least 4 members (excludes halogenated alkanes) is 1. The molecule has 0 unspecified atom stereocenters. The van der Waals surface area contributed by atoms with Crippen LogP contribution >= 0.6 is 0 Å². The van der Waals surface area contributed by atoms with Crippen molar-refractivity contribution in [2.45, 2.75) is 32.6 Å². The van der Waals surface area contributed by atoms with E-state index in [0.29, 0.717) is 25.4 Å². The van der Waals surface area contributed by atoms with E-state index in [2.05, 4.69) is 12.2 Å². The first-order valence-corrected chi connectivity index (χ1v) is 7.64. The van der Waals surface area contributed by atoms with Gasteiger partial charge < -0.3 is 10.2 Å². The summed E-state index contributed by atoms with van der Waals surface area (Å²) in [4.78, 5) is 37.7. The first-order chi connectivity index (χ1) is 10.1. The third-order valence-corrected chi connectivity index (χ3v) is 4.06. The van der Waals surface area contributed by atoms with Crippen LogP contribution in [0.3, 0.4) is 0 Å². The number of likely N-dealkylation sites (tertiary alicyclic amines) is 1. The van der Waals surface area contributed by atoms with Crippen LogP contribution in [0.2, 0.25) is 0 Å². The molecule has 2 rings (SSSR count). The second-order valence-electron chi connectivity index (χ2n) is 5.77. The Morgan fingerprint density at radius 3 is 2.43 bits per heavy atom. The first-order valence-electron chi connectivity index (χ1n) is 7.64. The predicted octanol–water partition coefficient (Wildman–Crippen LogP) is 1.13. The van der Waals surface area contributed by atoms with Crippen molar-refractivity contribution in [2.24, 2.45) is 5.92 Å². The Morgan fingerprint density at radius 2 is 1.81 bits per heavy atom. The van der Waals surface area contributed by atoms with Crippen LogP contribution in [-0.2, 0) is 9.59 Å². The predicted molar refractivity (Wildman–Crippen MR) is 78.5 cm³/mol. The Labute approximate surface area is 125 Å². The average Bonchev–Trinajstić information content (AvgIpc) is 2.79. The minimum Gasteiger partial charge on any atom is -0.338 e. The maximum absolute atomic E-state index is 11.9. The van der Waals surface area contributed by atoms with Crippen LogP contribution in [0.4, 0.5) is 4.79 Å². The van der Waals surface area contributed by atoms with Crippen molar-refractivity contribution < 1.29 is 14.4 Å². The fourth-order valence-corrected chi connectivity index (χ4v) is 2.57. The van der Waals surface area contributed by atoms with E-state index in [0.717, 1.165) is 32.4 Å². The van der Waals surface area contributed by atoms with Crippen LogP contribution < -0.4 is 5.32 Å². The number of carbonyl (C=O) groups is 3. The lowest BCUT2D eigenvalue weighted by Crippen LogP contribution is -2.44. The molecule has 0 aliphatic carbocycles. The molecule has 1 N–H and O–H groups in total. The summed E-state index contributed by atoms with van der Waals surface area (Å²) < 4.78 is 0. The van der Waals surface area contributed by atoms with Gasteiger partial charge in [-0.25, -0.2) is 4.79 Å². The molecule has 2 aliphatic rings. The SMILES string of the molecule is CC1CCN(C(=O)NCCCCN2C(=O)C=CC2=O)CC1. The van der Waals surface area contributed by atoms with Crippen molar-refractivity contribution in [3.8, 4) is 0 Å². The number of nitrogens with one attached hydrogen (secondary N) is 1. The maximum Gasteiger partial charge on any atom is 0.317 e. The molecule has 6 nitrogen and oxygen atoms in total. The topological polar surface area (TPSA) is 69.7 Å². The fourth-order valence-electron chi connectivity index (χ4n) is 2.57. The third-order valence-electron chi connectivity index (χ3n) is 4.06. The fraction of sp³-hybridized carbons (Fsp3) is 0.667. The van der Waals surface area contributed by atoms with Gasteiger partial charge in [0, 0.05) is 38.3 Å². The number of urea groups is 1. The molecule has 1 saturated heterocycles. The van der Waals surface area contributed by atoms with Gasteiger partial charge >= 0.3 is 6.03 Å². The van der Waals surface area contributed by atoms with E-state index in [1.165, 1.54) is 17.1 Å². The average molecular weight is 293 g/mol. The molecule has 2 aliphatic heterocycles. The minimum atomic E-state index is -0.244. The molecule has 0 spiro atoms. The van der Waals surface area contributed by atoms with Gasteiger partial charge in [-0.1, -0.05) is 6.92 Å². The highest BCUT2D eigenvalue weighted by Crippen LogP contribution is 2.15. The molecule has 21 heavy (non-hydrogen) atoms. The van der Waals surface area contributed by atoms with Gasteiger partial charge in [0.15, 0.2) is 0 Å². The lowest BCUT2D eigenvalue weighted by molar-refractivity contribution is -0.136. The van der Waals surface area contributed by atoms with Crippen LogP contribution in [0.25, 0.3) is 0 Å². The molecule has 0 bridgehead atoms. The molecule has 0 radical (unpaired) electrons. The van der Waals surface area contributed by atoms with Crippen LogP contribution in [0.15, 0.2) is 12.2 Å². The highest BCUT2D eigenvalue weighted by molar-refractivity contribution is 6.12.